The highest BCUT2D eigenvalue weighted by Gasteiger charge is 2.20. The number of carbonyl (C=O) groups excluding carboxylic acids is 1. The summed E-state index contributed by atoms with van der Waals surface area (Å²) in [5.74, 6) is -0.156. The molecule has 0 aliphatic rings. The van der Waals surface area contributed by atoms with Crippen LogP contribution in [0.2, 0.25) is 0 Å². The van der Waals surface area contributed by atoms with Gasteiger partial charge in [0, 0.05) is 49.6 Å². The molecule has 200 valence electrons. The maximum absolute atomic E-state index is 13.7. The minimum Gasteiger partial charge on any atom is -0.508 e. The third-order valence-electron chi connectivity index (χ3n) is 6.42. The Morgan fingerprint density at radius 3 is 2.53 bits per heavy atom. The average Bonchev–Trinajstić information content (AvgIpc) is 3.22. The zero-order chi connectivity index (χ0) is 27.6. The van der Waals surface area contributed by atoms with Crippen LogP contribution < -0.4 is 5.32 Å². The third kappa shape index (κ3) is 5.94. The molecular formula is C27H32N6O4S. The molecule has 38 heavy (non-hydrogen) atoms. The zero-order valence-corrected chi connectivity index (χ0v) is 23.0. The molecule has 4 rings (SSSR count). The van der Waals surface area contributed by atoms with E-state index in [2.05, 4.69) is 15.4 Å². The van der Waals surface area contributed by atoms with Gasteiger partial charge in [0.1, 0.15) is 15.6 Å². The summed E-state index contributed by atoms with van der Waals surface area (Å²) in [4.78, 5) is 24.7. The first-order valence-corrected chi connectivity index (χ1v) is 14.3. The van der Waals surface area contributed by atoms with Crippen LogP contribution in [-0.4, -0.2) is 69.7 Å². The molecule has 1 aromatic carbocycles. The largest absolute Gasteiger partial charge is 0.508 e. The number of aryl methyl sites for hydroxylation is 2. The van der Waals surface area contributed by atoms with E-state index in [0.717, 1.165) is 23.5 Å². The fraction of sp³-hybridized carbons (Fsp3) is 0.333. The number of pyridine rings is 2. The maximum Gasteiger partial charge on any atom is 0.254 e. The lowest BCUT2D eigenvalue weighted by Gasteiger charge is -2.19. The van der Waals surface area contributed by atoms with Crippen molar-refractivity contribution in [3.05, 3.63) is 65.1 Å². The molecule has 0 fully saturated rings. The number of phenolic OH excluding ortho intramolecular Hbond substituents is 1. The molecule has 0 aliphatic heterocycles. The van der Waals surface area contributed by atoms with Crippen molar-refractivity contribution >= 4 is 32.3 Å². The fourth-order valence-electron chi connectivity index (χ4n) is 4.28. The van der Waals surface area contributed by atoms with Gasteiger partial charge in [-0.1, -0.05) is 0 Å². The SMILES string of the molecule is CCn1ncc(CN(C)C(=O)c2cc(-c3ccc(NCCS(C)(=O)=O)c(C)n3)nc3ccc(O)cc23)c1C. The predicted octanol–water partition coefficient (Wildman–Crippen LogP) is 3.56. The van der Waals surface area contributed by atoms with E-state index < -0.39 is 9.84 Å². The van der Waals surface area contributed by atoms with Crippen LogP contribution in [0.15, 0.2) is 42.6 Å². The fourth-order valence-corrected chi connectivity index (χ4v) is 4.75. The second kappa shape index (κ2) is 10.8. The summed E-state index contributed by atoms with van der Waals surface area (Å²) >= 11 is 0. The number of sulfone groups is 1. The monoisotopic (exact) mass is 536 g/mol. The van der Waals surface area contributed by atoms with Crippen molar-refractivity contribution in [1.29, 1.82) is 0 Å². The highest BCUT2D eigenvalue weighted by Crippen LogP contribution is 2.29. The lowest BCUT2D eigenvalue weighted by Crippen LogP contribution is -2.27. The Labute approximate surface area is 222 Å². The number of aromatic nitrogens is 4. The Balaban J connectivity index is 1.68. The number of benzene rings is 1. The summed E-state index contributed by atoms with van der Waals surface area (Å²) in [6, 6.07) is 10.1. The molecule has 0 saturated heterocycles. The molecule has 0 saturated carbocycles. The molecule has 0 unspecified atom stereocenters. The second-order valence-corrected chi connectivity index (χ2v) is 11.6. The lowest BCUT2D eigenvalue weighted by atomic mass is 10.0. The van der Waals surface area contributed by atoms with E-state index in [-0.39, 0.29) is 24.0 Å². The minimum absolute atomic E-state index is 0.0189. The van der Waals surface area contributed by atoms with Gasteiger partial charge in [-0.15, -0.1) is 0 Å². The van der Waals surface area contributed by atoms with Gasteiger partial charge in [0.2, 0.25) is 0 Å². The number of anilines is 1. The third-order valence-corrected chi connectivity index (χ3v) is 7.36. The molecule has 4 aromatic rings. The topological polar surface area (TPSA) is 130 Å². The van der Waals surface area contributed by atoms with Crippen LogP contribution >= 0.6 is 0 Å². The highest BCUT2D eigenvalue weighted by atomic mass is 32.2. The van der Waals surface area contributed by atoms with Gasteiger partial charge in [0.25, 0.3) is 5.91 Å². The van der Waals surface area contributed by atoms with E-state index >= 15 is 0 Å². The van der Waals surface area contributed by atoms with Gasteiger partial charge in [-0.2, -0.15) is 5.10 Å². The number of phenols is 1. The first kappa shape index (κ1) is 27.1. The number of nitrogens with zero attached hydrogens (tertiary/aromatic N) is 5. The Bertz CT molecular complexity index is 1610. The summed E-state index contributed by atoms with van der Waals surface area (Å²) in [6.45, 7) is 7.23. The number of aromatic hydroxyl groups is 1. The van der Waals surface area contributed by atoms with Crippen molar-refractivity contribution in [2.45, 2.75) is 33.9 Å². The molecule has 0 atom stereocenters. The maximum atomic E-state index is 13.7. The Morgan fingerprint density at radius 2 is 1.87 bits per heavy atom. The molecule has 3 aromatic heterocycles. The molecule has 0 aliphatic carbocycles. The molecule has 3 heterocycles. The molecule has 10 nitrogen and oxygen atoms in total. The Morgan fingerprint density at radius 1 is 1.11 bits per heavy atom. The number of amides is 1. The first-order valence-electron chi connectivity index (χ1n) is 12.3. The van der Waals surface area contributed by atoms with E-state index in [4.69, 9.17) is 4.98 Å². The van der Waals surface area contributed by atoms with E-state index in [1.165, 1.54) is 12.3 Å². The molecule has 2 N–H and O–H groups in total. The summed E-state index contributed by atoms with van der Waals surface area (Å²) in [5.41, 5.74) is 5.42. The molecule has 11 heteroatoms. The van der Waals surface area contributed by atoms with Crippen LogP contribution in [0.1, 0.15) is 34.2 Å². The molecule has 0 spiro atoms. The zero-order valence-electron chi connectivity index (χ0n) is 22.2. The number of nitrogens with one attached hydrogen (secondary N) is 1. The van der Waals surface area contributed by atoms with Crippen LogP contribution in [-0.2, 0) is 22.9 Å². The van der Waals surface area contributed by atoms with Crippen molar-refractivity contribution < 1.29 is 18.3 Å². The van der Waals surface area contributed by atoms with Gasteiger partial charge in [0.05, 0.1) is 45.8 Å². The standard InChI is InChI=1S/C27H32N6O4S/c1-6-33-18(3)19(15-29-33)16-32(4)27(35)22-14-26(31-24-8-7-20(34)13-21(22)24)25-10-9-23(17(2)30-25)28-11-12-38(5,36)37/h7-10,13-15,28,34H,6,11-12,16H2,1-5H3. The molecule has 0 bridgehead atoms. The van der Waals surface area contributed by atoms with Crippen LogP contribution in [0, 0.1) is 13.8 Å². The number of hydrogen-bond acceptors (Lipinski definition) is 8. The average molecular weight is 537 g/mol. The number of carbonyl (C=O) groups is 1. The van der Waals surface area contributed by atoms with Crippen molar-refractivity contribution in [2.75, 3.05) is 30.9 Å². The molecule has 0 radical (unpaired) electrons. The molecule has 1 amide bonds. The number of rotatable bonds is 9. The van der Waals surface area contributed by atoms with E-state index in [0.29, 0.717) is 40.1 Å². The van der Waals surface area contributed by atoms with Crippen molar-refractivity contribution in [3.8, 4) is 17.1 Å². The first-order chi connectivity index (χ1) is 18.0. The van der Waals surface area contributed by atoms with Crippen LogP contribution in [0.4, 0.5) is 5.69 Å². The quantitative estimate of drug-likeness (QED) is 0.332. The summed E-state index contributed by atoms with van der Waals surface area (Å²) in [6.07, 6.45) is 2.98. The highest BCUT2D eigenvalue weighted by molar-refractivity contribution is 7.90. The minimum atomic E-state index is -3.08. The lowest BCUT2D eigenvalue weighted by molar-refractivity contribution is 0.0787. The normalized spacial score (nSPS) is 11.6. The van der Waals surface area contributed by atoms with Crippen molar-refractivity contribution in [2.24, 2.45) is 0 Å². The Kier molecular flexibility index (Phi) is 7.68. The second-order valence-electron chi connectivity index (χ2n) is 9.37. The number of fused-ring (bicyclic) bond motifs is 1. The molecular weight excluding hydrogens is 504 g/mol. The van der Waals surface area contributed by atoms with Crippen LogP contribution in [0.5, 0.6) is 5.75 Å². The van der Waals surface area contributed by atoms with Crippen LogP contribution in [0.25, 0.3) is 22.3 Å². The van der Waals surface area contributed by atoms with Gasteiger partial charge < -0.3 is 15.3 Å². The van der Waals surface area contributed by atoms with Crippen molar-refractivity contribution in [3.63, 3.8) is 0 Å². The predicted molar refractivity (Wildman–Crippen MR) is 148 cm³/mol. The van der Waals surface area contributed by atoms with Crippen molar-refractivity contribution in [1.82, 2.24) is 24.6 Å². The van der Waals surface area contributed by atoms with Crippen LogP contribution in [0.3, 0.4) is 0 Å². The van der Waals surface area contributed by atoms with Gasteiger partial charge >= 0.3 is 0 Å². The summed E-state index contributed by atoms with van der Waals surface area (Å²) < 4.78 is 24.7. The smallest absolute Gasteiger partial charge is 0.254 e. The van der Waals surface area contributed by atoms with E-state index in [1.54, 1.807) is 42.4 Å². The van der Waals surface area contributed by atoms with Gasteiger partial charge in [-0.05, 0) is 57.2 Å². The van der Waals surface area contributed by atoms with Gasteiger partial charge in [0.15, 0.2) is 0 Å². The van der Waals surface area contributed by atoms with E-state index in [1.807, 2.05) is 31.5 Å². The summed E-state index contributed by atoms with van der Waals surface area (Å²) in [7, 11) is -1.34. The van der Waals surface area contributed by atoms with Gasteiger partial charge in [-0.25, -0.2) is 18.4 Å². The number of hydrogen-bond donors (Lipinski definition) is 2. The Hall–Kier alpha value is -3.99. The van der Waals surface area contributed by atoms with E-state index in [9.17, 15) is 18.3 Å². The van der Waals surface area contributed by atoms with Gasteiger partial charge in [-0.3, -0.25) is 9.48 Å². The summed E-state index contributed by atoms with van der Waals surface area (Å²) in [5, 5.41) is 18.2.